The molecule has 0 unspecified atom stereocenters. The number of rotatable bonds is 10. The predicted molar refractivity (Wildman–Crippen MR) is 122 cm³/mol. The molecule has 0 saturated carbocycles. The molecule has 3 aromatic rings. The summed E-state index contributed by atoms with van der Waals surface area (Å²) < 4.78 is 5.34. The summed E-state index contributed by atoms with van der Waals surface area (Å²) >= 11 is 1.68. The molecule has 0 bridgehead atoms. The predicted octanol–water partition coefficient (Wildman–Crippen LogP) is 4.92. The summed E-state index contributed by atoms with van der Waals surface area (Å²) in [6.07, 6.45) is 3.26. The molecule has 0 saturated heterocycles. The first kappa shape index (κ1) is 21.8. The summed E-state index contributed by atoms with van der Waals surface area (Å²) in [4.78, 5) is 25.4. The van der Waals surface area contributed by atoms with Gasteiger partial charge in [0.15, 0.2) is 11.2 Å². The molecule has 5 nitrogen and oxygen atoms in total. The highest BCUT2D eigenvalue weighted by molar-refractivity contribution is 7.99. The first-order valence-electron chi connectivity index (χ1n) is 10.2. The zero-order valence-electron chi connectivity index (χ0n) is 17.4. The van der Waals surface area contributed by atoms with E-state index in [4.69, 9.17) is 9.73 Å². The summed E-state index contributed by atoms with van der Waals surface area (Å²) in [5.41, 5.74) is 3.56. The van der Waals surface area contributed by atoms with Crippen LogP contribution in [-0.2, 0) is 16.0 Å². The molecule has 1 heterocycles. The van der Waals surface area contributed by atoms with E-state index in [2.05, 4.69) is 16.9 Å². The molecule has 1 N–H and O–H groups in total. The van der Waals surface area contributed by atoms with Crippen LogP contribution in [-0.4, -0.2) is 40.1 Å². The van der Waals surface area contributed by atoms with E-state index in [0.29, 0.717) is 13.0 Å². The van der Waals surface area contributed by atoms with Gasteiger partial charge in [-0.25, -0.2) is 9.78 Å². The van der Waals surface area contributed by atoms with E-state index in [-0.39, 0.29) is 5.97 Å². The summed E-state index contributed by atoms with van der Waals surface area (Å²) in [5, 5.41) is 0.866. The third kappa shape index (κ3) is 6.07. The third-order valence-electron chi connectivity index (χ3n) is 4.40. The number of nitrogens with zero attached hydrogens (tertiary/aromatic N) is 2. The third-order valence-corrected chi connectivity index (χ3v) is 5.49. The van der Waals surface area contributed by atoms with Crippen molar-refractivity contribution in [1.29, 1.82) is 0 Å². The largest absolute Gasteiger partial charge is 0.464 e. The molecule has 0 radical (unpaired) electrons. The quantitative estimate of drug-likeness (QED) is 0.286. The first-order chi connectivity index (χ1) is 14.7. The Morgan fingerprint density at radius 3 is 2.27 bits per heavy atom. The smallest absolute Gasteiger partial charge is 0.331 e. The highest BCUT2D eigenvalue weighted by Gasteiger charge is 2.22. The maximum Gasteiger partial charge on any atom is 0.331 e. The van der Waals surface area contributed by atoms with Gasteiger partial charge in [-0.3, -0.25) is 4.99 Å². The van der Waals surface area contributed by atoms with Crippen LogP contribution < -0.4 is 0 Å². The molecule has 0 fully saturated rings. The normalized spacial score (nSPS) is 11.7. The van der Waals surface area contributed by atoms with Gasteiger partial charge in [-0.05, 0) is 13.3 Å². The molecule has 2 aromatic carbocycles. The van der Waals surface area contributed by atoms with Crippen LogP contribution in [0.2, 0.25) is 0 Å². The SMILES string of the molecule is CCCSc1ncc(C[C@H](N=C(c2ccccc2)c2ccccc2)C(=O)OCC)[nH]1. The van der Waals surface area contributed by atoms with Gasteiger partial charge in [0.25, 0.3) is 0 Å². The molecule has 30 heavy (non-hydrogen) atoms. The number of aromatic amines is 1. The fraction of sp³-hybridized carbons (Fsp3) is 0.292. The number of aromatic nitrogens is 2. The summed E-state index contributed by atoms with van der Waals surface area (Å²) in [5.74, 6) is 0.665. The molecule has 3 rings (SSSR count). The molecule has 1 atom stereocenters. The highest BCUT2D eigenvalue weighted by atomic mass is 32.2. The van der Waals surface area contributed by atoms with Crippen molar-refractivity contribution in [2.24, 2.45) is 4.99 Å². The first-order valence-corrected chi connectivity index (χ1v) is 11.2. The van der Waals surface area contributed by atoms with Gasteiger partial charge in [-0.15, -0.1) is 0 Å². The van der Waals surface area contributed by atoms with E-state index in [9.17, 15) is 4.79 Å². The molecule has 0 aliphatic rings. The van der Waals surface area contributed by atoms with Gasteiger partial charge >= 0.3 is 5.97 Å². The molecular formula is C24H27N3O2S. The Labute approximate surface area is 182 Å². The van der Waals surface area contributed by atoms with E-state index < -0.39 is 6.04 Å². The van der Waals surface area contributed by atoms with Crippen LogP contribution in [0.4, 0.5) is 0 Å². The molecule has 1 aromatic heterocycles. The lowest BCUT2D eigenvalue weighted by atomic mass is 10.0. The summed E-state index contributed by atoms with van der Waals surface area (Å²) in [6, 6.07) is 19.2. The Morgan fingerprint density at radius 1 is 1.07 bits per heavy atom. The van der Waals surface area contributed by atoms with Crippen LogP contribution in [0.5, 0.6) is 0 Å². The monoisotopic (exact) mass is 421 g/mol. The van der Waals surface area contributed by atoms with Gasteiger partial charge in [0.05, 0.1) is 12.3 Å². The van der Waals surface area contributed by atoms with Gasteiger partial charge < -0.3 is 9.72 Å². The van der Waals surface area contributed by atoms with Gasteiger partial charge in [-0.2, -0.15) is 0 Å². The number of H-pyrrole nitrogens is 1. The van der Waals surface area contributed by atoms with E-state index in [1.807, 2.05) is 67.6 Å². The van der Waals surface area contributed by atoms with Crippen LogP contribution in [0, 0.1) is 0 Å². The number of esters is 1. The topological polar surface area (TPSA) is 67.3 Å². The number of ether oxygens (including phenoxy) is 1. The average Bonchev–Trinajstić information content (AvgIpc) is 3.23. The number of hydrogen-bond acceptors (Lipinski definition) is 5. The number of thioether (sulfide) groups is 1. The van der Waals surface area contributed by atoms with Crippen molar-refractivity contribution < 1.29 is 9.53 Å². The number of hydrogen-bond donors (Lipinski definition) is 1. The second-order valence-electron chi connectivity index (χ2n) is 6.74. The van der Waals surface area contributed by atoms with Crippen molar-refractivity contribution in [3.63, 3.8) is 0 Å². The Kier molecular flexibility index (Phi) is 8.27. The highest BCUT2D eigenvalue weighted by Crippen LogP contribution is 2.18. The lowest BCUT2D eigenvalue weighted by Gasteiger charge is -2.14. The minimum Gasteiger partial charge on any atom is -0.464 e. The summed E-state index contributed by atoms with van der Waals surface area (Å²) in [7, 11) is 0. The standard InChI is InChI=1S/C24H27N3O2S/c1-3-15-30-24-25-17-20(26-24)16-21(23(28)29-4-2)27-22(18-11-7-5-8-12-18)19-13-9-6-10-14-19/h5-14,17,21H,3-4,15-16H2,1-2H3,(H,25,26)/t21-/m0/s1. The van der Waals surface area contributed by atoms with Crippen LogP contribution in [0.3, 0.4) is 0 Å². The molecule has 6 heteroatoms. The number of nitrogens with one attached hydrogen (secondary N) is 1. The lowest BCUT2D eigenvalue weighted by Crippen LogP contribution is -2.26. The Balaban J connectivity index is 1.95. The van der Waals surface area contributed by atoms with Crippen molar-refractivity contribution >= 4 is 23.4 Å². The van der Waals surface area contributed by atoms with Crippen LogP contribution in [0.25, 0.3) is 0 Å². The van der Waals surface area contributed by atoms with Gasteiger partial charge in [0, 0.05) is 35.2 Å². The maximum absolute atomic E-state index is 12.8. The summed E-state index contributed by atoms with van der Waals surface area (Å²) in [6.45, 7) is 4.26. The minimum atomic E-state index is -0.662. The average molecular weight is 422 g/mol. The van der Waals surface area contributed by atoms with Gasteiger partial charge in [0.1, 0.15) is 0 Å². The van der Waals surface area contributed by atoms with Crippen molar-refractivity contribution in [3.05, 3.63) is 83.7 Å². The number of carbonyl (C=O) groups excluding carboxylic acids is 1. The minimum absolute atomic E-state index is 0.317. The molecule has 0 aliphatic heterocycles. The fourth-order valence-corrected chi connectivity index (χ4v) is 3.73. The lowest BCUT2D eigenvalue weighted by molar-refractivity contribution is -0.144. The number of imidazole rings is 1. The van der Waals surface area contributed by atoms with E-state index in [1.165, 1.54) is 0 Å². The van der Waals surface area contributed by atoms with Crippen LogP contribution >= 0.6 is 11.8 Å². The Hall–Kier alpha value is -2.86. The molecule has 0 amide bonds. The van der Waals surface area contributed by atoms with Crippen molar-refractivity contribution in [2.75, 3.05) is 12.4 Å². The van der Waals surface area contributed by atoms with Gasteiger partial charge in [0.2, 0.25) is 0 Å². The van der Waals surface area contributed by atoms with Crippen molar-refractivity contribution in [2.45, 2.75) is 37.9 Å². The number of aliphatic imine (C=N–C) groups is 1. The molecule has 156 valence electrons. The van der Waals surface area contributed by atoms with Gasteiger partial charge in [-0.1, -0.05) is 79.3 Å². The van der Waals surface area contributed by atoms with E-state index in [0.717, 1.165) is 39.9 Å². The molecule has 0 spiro atoms. The van der Waals surface area contributed by atoms with E-state index >= 15 is 0 Å². The maximum atomic E-state index is 12.8. The molecular weight excluding hydrogens is 394 g/mol. The van der Waals surface area contributed by atoms with Crippen molar-refractivity contribution in [3.8, 4) is 0 Å². The zero-order valence-corrected chi connectivity index (χ0v) is 18.2. The second kappa shape index (κ2) is 11.4. The van der Waals surface area contributed by atoms with E-state index in [1.54, 1.807) is 18.0 Å². The number of carbonyl (C=O) groups is 1. The van der Waals surface area contributed by atoms with Crippen LogP contribution in [0.15, 0.2) is 77.0 Å². The van der Waals surface area contributed by atoms with Crippen LogP contribution in [0.1, 0.15) is 37.1 Å². The molecule has 0 aliphatic carbocycles. The Morgan fingerprint density at radius 2 is 1.70 bits per heavy atom. The zero-order chi connectivity index (χ0) is 21.2. The fourth-order valence-electron chi connectivity index (χ4n) is 3.01. The second-order valence-corrected chi connectivity index (χ2v) is 7.83. The number of benzene rings is 2. The Bertz CT molecular complexity index is 913. The van der Waals surface area contributed by atoms with Crippen molar-refractivity contribution in [1.82, 2.24) is 9.97 Å².